The highest BCUT2D eigenvalue weighted by atomic mass is 19.4. The molecule has 0 spiro atoms. The van der Waals surface area contributed by atoms with Gasteiger partial charge in [0.2, 0.25) is 0 Å². The molecule has 2 atom stereocenters. The Bertz CT molecular complexity index is 1400. The summed E-state index contributed by atoms with van der Waals surface area (Å²) in [5, 5.41) is 5.83. The van der Waals surface area contributed by atoms with E-state index in [1.54, 1.807) is 11.0 Å². The number of hydrogen-bond donors (Lipinski definition) is 2. The van der Waals surface area contributed by atoms with E-state index in [0.717, 1.165) is 31.4 Å². The number of esters is 1. The molecule has 2 aliphatic rings. The molecule has 0 aromatic heterocycles. The predicted octanol–water partition coefficient (Wildman–Crippen LogP) is 4.31. The first kappa shape index (κ1) is 32.8. The summed E-state index contributed by atoms with van der Waals surface area (Å²) in [4.78, 5) is 45.3. The Hall–Kier alpha value is -4.11. The lowest BCUT2D eigenvalue weighted by Gasteiger charge is -2.37. The fourth-order valence-corrected chi connectivity index (χ4v) is 5.45. The molecular formula is C29H32F5N5O5. The Kier molecular flexibility index (Phi) is 10.5. The van der Waals surface area contributed by atoms with Gasteiger partial charge in [-0.2, -0.15) is 18.2 Å². The van der Waals surface area contributed by atoms with Crippen molar-refractivity contribution >= 4 is 29.4 Å². The number of rotatable bonds is 9. The van der Waals surface area contributed by atoms with Crippen LogP contribution in [-0.2, 0) is 20.4 Å². The largest absolute Gasteiger partial charge is 0.468 e. The maximum absolute atomic E-state index is 14.2. The van der Waals surface area contributed by atoms with Crippen LogP contribution >= 0.6 is 0 Å². The maximum Gasteiger partial charge on any atom is 0.418 e. The molecule has 10 nitrogen and oxygen atoms in total. The van der Waals surface area contributed by atoms with Crippen LogP contribution in [0.1, 0.15) is 30.0 Å². The molecule has 4 rings (SSSR count). The number of para-hydroxylation sites is 1. The van der Waals surface area contributed by atoms with Gasteiger partial charge in [0, 0.05) is 45.0 Å². The number of alkyl halides is 3. The average Bonchev–Trinajstić information content (AvgIpc) is 3.00. The Labute approximate surface area is 250 Å². The Balaban J connectivity index is 1.40. The molecule has 0 bridgehead atoms. The van der Waals surface area contributed by atoms with E-state index in [1.807, 2.05) is 0 Å². The monoisotopic (exact) mass is 625 g/mol. The van der Waals surface area contributed by atoms with Crippen molar-refractivity contribution in [2.45, 2.75) is 31.1 Å². The summed E-state index contributed by atoms with van der Waals surface area (Å²) in [5.41, 5.74) is -0.637. The van der Waals surface area contributed by atoms with Gasteiger partial charge in [-0.05, 0) is 42.7 Å². The highest BCUT2D eigenvalue weighted by molar-refractivity contribution is 6.12. The van der Waals surface area contributed by atoms with Crippen LogP contribution in [0, 0.1) is 17.6 Å². The van der Waals surface area contributed by atoms with Crippen molar-refractivity contribution in [3.05, 3.63) is 65.2 Å². The SMILES string of the molecule is COCC1=NC(=O)N(C(=O)NCCNC2CCN(c3ccccc3C(F)(F)F)CC2)[C@@H](c2ccc(F)c(F)c2)C1C(=O)OC. The molecule has 2 aromatic carbocycles. The van der Waals surface area contributed by atoms with Gasteiger partial charge in [0.15, 0.2) is 11.6 Å². The standard InChI is InChI=1S/C29H32F5N5O5/c1-43-16-22-24(26(40)44-2)25(17-7-8-20(30)21(31)15-17)39(28(42)37-22)27(41)36-12-11-35-18-9-13-38(14-10-18)23-6-4-3-5-19(23)29(32,33)34/h3-8,15,18,24-25,35H,9-14,16H2,1-2H3,(H,36,41)/t24?,25-/m0/s1. The van der Waals surface area contributed by atoms with E-state index in [1.165, 1.54) is 19.2 Å². The fraction of sp³-hybridized carbons (Fsp3) is 0.448. The van der Waals surface area contributed by atoms with Crippen LogP contribution in [0.15, 0.2) is 47.5 Å². The lowest BCUT2D eigenvalue weighted by atomic mass is 9.86. The number of carbonyl (C=O) groups is 3. The zero-order valence-electron chi connectivity index (χ0n) is 24.0. The molecule has 2 heterocycles. The molecule has 44 heavy (non-hydrogen) atoms. The number of benzene rings is 2. The van der Waals surface area contributed by atoms with Gasteiger partial charge < -0.3 is 25.0 Å². The van der Waals surface area contributed by atoms with E-state index in [9.17, 15) is 36.3 Å². The smallest absolute Gasteiger partial charge is 0.418 e. The first-order chi connectivity index (χ1) is 21.0. The number of imide groups is 1. The summed E-state index contributed by atoms with van der Waals surface area (Å²) in [6.07, 6.45) is -3.35. The van der Waals surface area contributed by atoms with Gasteiger partial charge in [0.05, 0.1) is 31.0 Å². The summed E-state index contributed by atoms with van der Waals surface area (Å²) in [6.45, 7) is 0.817. The molecule has 1 fully saturated rings. The second-order valence-electron chi connectivity index (χ2n) is 10.3. The second-order valence-corrected chi connectivity index (χ2v) is 10.3. The Morgan fingerprint density at radius 1 is 1.02 bits per heavy atom. The average molecular weight is 626 g/mol. The molecule has 2 aromatic rings. The fourth-order valence-electron chi connectivity index (χ4n) is 5.45. The highest BCUT2D eigenvalue weighted by Crippen LogP contribution is 2.38. The number of piperidine rings is 1. The van der Waals surface area contributed by atoms with Crippen LogP contribution in [0.2, 0.25) is 0 Å². The lowest BCUT2D eigenvalue weighted by Crippen LogP contribution is -2.54. The third kappa shape index (κ3) is 7.33. The first-order valence-electron chi connectivity index (χ1n) is 13.8. The van der Waals surface area contributed by atoms with Crippen molar-refractivity contribution in [3.63, 3.8) is 0 Å². The van der Waals surface area contributed by atoms with Crippen molar-refractivity contribution < 1.29 is 45.8 Å². The molecule has 0 aliphatic carbocycles. The number of anilines is 1. The van der Waals surface area contributed by atoms with Crippen molar-refractivity contribution in [2.75, 3.05) is 51.9 Å². The van der Waals surface area contributed by atoms with Crippen LogP contribution in [0.25, 0.3) is 0 Å². The number of urea groups is 2. The summed E-state index contributed by atoms with van der Waals surface area (Å²) in [5.74, 6) is -4.62. The number of aliphatic imine (C=N–C) groups is 1. The van der Waals surface area contributed by atoms with Gasteiger partial charge in [-0.1, -0.05) is 18.2 Å². The summed E-state index contributed by atoms with van der Waals surface area (Å²) < 4.78 is 78.2. The van der Waals surface area contributed by atoms with E-state index in [0.29, 0.717) is 30.8 Å². The summed E-state index contributed by atoms with van der Waals surface area (Å²) in [6, 6.07) is 4.79. The number of nitrogens with one attached hydrogen (secondary N) is 2. The molecule has 2 N–H and O–H groups in total. The van der Waals surface area contributed by atoms with E-state index >= 15 is 0 Å². The zero-order valence-corrected chi connectivity index (χ0v) is 24.0. The molecule has 1 saturated heterocycles. The predicted molar refractivity (Wildman–Crippen MR) is 149 cm³/mol. The molecule has 15 heteroatoms. The van der Waals surface area contributed by atoms with Crippen LogP contribution in [0.3, 0.4) is 0 Å². The normalized spacial score (nSPS) is 19.5. The highest BCUT2D eigenvalue weighted by Gasteiger charge is 2.47. The van der Waals surface area contributed by atoms with Crippen LogP contribution in [-0.4, -0.2) is 81.7 Å². The number of amides is 4. The molecule has 0 saturated carbocycles. The van der Waals surface area contributed by atoms with Gasteiger partial charge in [0.1, 0.15) is 5.92 Å². The van der Waals surface area contributed by atoms with E-state index < -0.39 is 53.4 Å². The van der Waals surface area contributed by atoms with Crippen molar-refractivity contribution in [2.24, 2.45) is 10.9 Å². The van der Waals surface area contributed by atoms with Crippen LogP contribution < -0.4 is 15.5 Å². The molecule has 238 valence electrons. The third-order valence-electron chi connectivity index (χ3n) is 7.53. The lowest BCUT2D eigenvalue weighted by molar-refractivity contribution is -0.144. The van der Waals surface area contributed by atoms with Gasteiger partial charge >= 0.3 is 24.2 Å². The molecule has 0 radical (unpaired) electrons. The summed E-state index contributed by atoms with van der Waals surface area (Å²) in [7, 11) is 2.41. The van der Waals surface area contributed by atoms with Crippen molar-refractivity contribution in [1.82, 2.24) is 15.5 Å². The number of carbonyl (C=O) groups excluding carboxylic acids is 3. The Morgan fingerprint density at radius 3 is 2.36 bits per heavy atom. The quantitative estimate of drug-likeness (QED) is 0.243. The van der Waals surface area contributed by atoms with Gasteiger partial charge in [-0.15, -0.1) is 0 Å². The second kappa shape index (κ2) is 14.1. The Morgan fingerprint density at radius 2 is 1.73 bits per heavy atom. The first-order valence-corrected chi connectivity index (χ1v) is 13.8. The number of hydrogen-bond acceptors (Lipinski definition) is 7. The number of ether oxygens (including phenoxy) is 2. The topological polar surface area (TPSA) is 113 Å². The van der Waals surface area contributed by atoms with E-state index in [-0.39, 0.29) is 42.7 Å². The minimum Gasteiger partial charge on any atom is -0.468 e. The number of methoxy groups -OCH3 is 2. The van der Waals surface area contributed by atoms with Crippen molar-refractivity contribution in [3.8, 4) is 0 Å². The summed E-state index contributed by atoms with van der Waals surface area (Å²) >= 11 is 0. The molecule has 4 amide bonds. The van der Waals surface area contributed by atoms with Crippen LogP contribution in [0.4, 0.5) is 37.2 Å². The zero-order chi connectivity index (χ0) is 32.0. The van der Waals surface area contributed by atoms with Gasteiger partial charge in [-0.25, -0.2) is 23.3 Å². The molecule has 2 aliphatic heterocycles. The van der Waals surface area contributed by atoms with E-state index in [4.69, 9.17) is 9.47 Å². The molecular weight excluding hydrogens is 593 g/mol. The van der Waals surface area contributed by atoms with Gasteiger partial charge in [0.25, 0.3) is 0 Å². The minimum atomic E-state index is -4.46. The van der Waals surface area contributed by atoms with Crippen molar-refractivity contribution in [1.29, 1.82) is 0 Å². The third-order valence-corrected chi connectivity index (χ3v) is 7.53. The number of nitrogens with zero attached hydrogens (tertiary/aromatic N) is 3. The minimum absolute atomic E-state index is 0.0295. The van der Waals surface area contributed by atoms with E-state index in [2.05, 4.69) is 15.6 Å². The van der Waals surface area contributed by atoms with Gasteiger partial charge in [-0.3, -0.25) is 4.79 Å². The molecule has 1 unspecified atom stereocenters. The maximum atomic E-state index is 14.2. The number of halogens is 5. The van der Waals surface area contributed by atoms with Crippen LogP contribution in [0.5, 0.6) is 0 Å².